The van der Waals surface area contributed by atoms with Crippen molar-refractivity contribution in [2.24, 2.45) is 0 Å². The largest absolute Gasteiger partial charge is 0.493 e. The molecule has 0 aliphatic carbocycles. The molecule has 30 heavy (non-hydrogen) atoms. The van der Waals surface area contributed by atoms with Gasteiger partial charge in [-0.2, -0.15) is 0 Å². The van der Waals surface area contributed by atoms with Crippen molar-refractivity contribution in [1.82, 2.24) is 4.90 Å². The highest BCUT2D eigenvalue weighted by Gasteiger charge is 2.35. The van der Waals surface area contributed by atoms with Crippen LogP contribution in [0.1, 0.15) is 25.0 Å². The number of benzene rings is 2. The van der Waals surface area contributed by atoms with E-state index in [1.807, 2.05) is 13.8 Å². The zero-order chi connectivity index (χ0) is 22.0. The SMILES string of the molecule is COc1cc(/C=C2\SC(=O)N(Cc3ccc(Cl)c(Cl)c3)C2=O)cc(Cl)c1OC(C)C. The normalized spacial score (nSPS) is 15.4. The Bertz CT molecular complexity index is 1040. The third-order valence-electron chi connectivity index (χ3n) is 4.10. The quantitative estimate of drug-likeness (QED) is 0.426. The first kappa shape index (κ1) is 22.8. The molecular weight excluding hydrogens is 469 g/mol. The van der Waals surface area contributed by atoms with Crippen molar-refractivity contribution in [2.75, 3.05) is 7.11 Å². The van der Waals surface area contributed by atoms with Crippen LogP contribution < -0.4 is 9.47 Å². The van der Waals surface area contributed by atoms with E-state index in [9.17, 15) is 9.59 Å². The Morgan fingerprint density at radius 2 is 1.80 bits per heavy atom. The van der Waals surface area contributed by atoms with Crippen molar-refractivity contribution in [3.63, 3.8) is 0 Å². The van der Waals surface area contributed by atoms with E-state index in [0.29, 0.717) is 37.7 Å². The molecule has 0 radical (unpaired) electrons. The molecule has 5 nitrogen and oxygen atoms in total. The minimum absolute atomic E-state index is 0.0832. The number of nitrogens with zero attached hydrogens (tertiary/aromatic N) is 1. The number of methoxy groups -OCH3 is 1. The molecule has 1 fully saturated rings. The number of carbonyl (C=O) groups is 2. The van der Waals surface area contributed by atoms with Crippen molar-refractivity contribution in [1.29, 1.82) is 0 Å². The van der Waals surface area contributed by atoms with E-state index in [-0.39, 0.29) is 22.8 Å². The van der Waals surface area contributed by atoms with Gasteiger partial charge in [-0.05, 0) is 67.1 Å². The highest BCUT2D eigenvalue weighted by atomic mass is 35.5. The topological polar surface area (TPSA) is 55.8 Å². The van der Waals surface area contributed by atoms with Crippen molar-refractivity contribution in [2.45, 2.75) is 26.5 Å². The summed E-state index contributed by atoms with van der Waals surface area (Å²) in [4.78, 5) is 26.6. The van der Waals surface area contributed by atoms with Gasteiger partial charge in [-0.15, -0.1) is 0 Å². The van der Waals surface area contributed by atoms with Crippen LogP contribution in [0.15, 0.2) is 35.2 Å². The van der Waals surface area contributed by atoms with Gasteiger partial charge in [0.1, 0.15) is 0 Å². The summed E-state index contributed by atoms with van der Waals surface area (Å²) in [5.74, 6) is 0.477. The van der Waals surface area contributed by atoms with Crippen LogP contribution >= 0.6 is 46.6 Å². The van der Waals surface area contributed by atoms with Gasteiger partial charge in [-0.3, -0.25) is 14.5 Å². The molecule has 1 aliphatic heterocycles. The van der Waals surface area contributed by atoms with E-state index in [4.69, 9.17) is 44.3 Å². The highest BCUT2D eigenvalue weighted by Crippen LogP contribution is 2.39. The third-order valence-corrected chi connectivity index (χ3v) is 6.03. The fourth-order valence-electron chi connectivity index (χ4n) is 2.78. The molecule has 2 aromatic carbocycles. The van der Waals surface area contributed by atoms with E-state index in [1.165, 1.54) is 7.11 Å². The van der Waals surface area contributed by atoms with E-state index in [2.05, 4.69) is 0 Å². The van der Waals surface area contributed by atoms with Crippen LogP contribution in [0.2, 0.25) is 15.1 Å². The summed E-state index contributed by atoms with van der Waals surface area (Å²) >= 11 is 19.2. The number of halogens is 3. The molecule has 2 aromatic rings. The molecule has 158 valence electrons. The summed E-state index contributed by atoms with van der Waals surface area (Å²) in [6.45, 7) is 3.87. The first-order valence-electron chi connectivity index (χ1n) is 8.93. The fourth-order valence-corrected chi connectivity index (χ4v) is 4.20. The average molecular weight is 487 g/mol. The number of hydrogen-bond acceptors (Lipinski definition) is 5. The molecule has 0 N–H and O–H groups in total. The predicted molar refractivity (Wildman–Crippen MR) is 122 cm³/mol. The molecule has 0 aromatic heterocycles. The number of carbonyl (C=O) groups excluding carboxylic acids is 2. The monoisotopic (exact) mass is 485 g/mol. The minimum Gasteiger partial charge on any atom is -0.493 e. The number of thioether (sulfide) groups is 1. The number of ether oxygens (including phenoxy) is 2. The van der Waals surface area contributed by atoms with Gasteiger partial charge in [0.15, 0.2) is 11.5 Å². The van der Waals surface area contributed by atoms with Crippen LogP contribution in [0.5, 0.6) is 11.5 Å². The number of hydrogen-bond donors (Lipinski definition) is 0. The van der Waals surface area contributed by atoms with Crippen molar-refractivity contribution in [3.8, 4) is 11.5 Å². The van der Waals surface area contributed by atoms with Gasteiger partial charge in [0.2, 0.25) is 0 Å². The standard InChI is InChI=1S/C21H18Cl3NO4S/c1-11(2)29-19-16(24)7-13(8-17(19)28-3)9-18-20(26)25(21(27)30-18)10-12-4-5-14(22)15(23)6-12/h4-9,11H,10H2,1-3H3/b18-9-. The van der Waals surface area contributed by atoms with Crippen LogP contribution in [0.4, 0.5) is 4.79 Å². The Labute approximate surface area is 193 Å². The van der Waals surface area contributed by atoms with Gasteiger partial charge >= 0.3 is 0 Å². The lowest BCUT2D eigenvalue weighted by molar-refractivity contribution is -0.123. The predicted octanol–water partition coefficient (Wildman–Crippen LogP) is 6.68. The van der Waals surface area contributed by atoms with Crippen LogP contribution in [-0.2, 0) is 11.3 Å². The van der Waals surface area contributed by atoms with Gasteiger partial charge in [-0.25, -0.2) is 0 Å². The Kier molecular flexibility index (Phi) is 7.24. The molecule has 0 saturated carbocycles. The van der Waals surface area contributed by atoms with Crippen molar-refractivity contribution < 1.29 is 19.1 Å². The molecule has 0 atom stereocenters. The summed E-state index contributed by atoms with van der Waals surface area (Å²) in [6.07, 6.45) is 1.52. The van der Waals surface area contributed by atoms with Crippen LogP contribution in [0.25, 0.3) is 6.08 Å². The molecule has 0 spiro atoms. The maximum absolute atomic E-state index is 12.8. The number of amides is 2. The summed E-state index contributed by atoms with van der Waals surface area (Å²) in [6, 6.07) is 8.35. The number of rotatable bonds is 6. The molecule has 0 bridgehead atoms. The zero-order valence-corrected chi connectivity index (χ0v) is 19.5. The van der Waals surface area contributed by atoms with Gasteiger partial charge in [0.05, 0.1) is 39.7 Å². The van der Waals surface area contributed by atoms with E-state index >= 15 is 0 Å². The molecular formula is C21H18Cl3NO4S. The minimum atomic E-state index is -0.395. The molecule has 0 unspecified atom stereocenters. The van der Waals surface area contributed by atoms with Crippen molar-refractivity contribution in [3.05, 3.63) is 61.4 Å². The maximum Gasteiger partial charge on any atom is 0.293 e. The van der Waals surface area contributed by atoms with Gasteiger partial charge in [0.25, 0.3) is 11.1 Å². The highest BCUT2D eigenvalue weighted by molar-refractivity contribution is 8.18. The lowest BCUT2D eigenvalue weighted by Gasteiger charge is -2.15. The van der Waals surface area contributed by atoms with Crippen LogP contribution in [0.3, 0.4) is 0 Å². The first-order valence-corrected chi connectivity index (χ1v) is 10.9. The summed E-state index contributed by atoms with van der Waals surface area (Å²) in [5.41, 5.74) is 1.32. The molecule has 2 amide bonds. The van der Waals surface area contributed by atoms with Crippen LogP contribution in [-0.4, -0.2) is 29.3 Å². The molecule has 1 heterocycles. The van der Waals surface area contributed by atoms with E-state index in [1.54, 1.807) is 36.4 Å². The van der Waals surface area contributed by atoms with Gasteiger partial charge < -0.3 is 9.47 Å². The Morgan fingerprint density at radius 3 is 2.43 bits per heavy atom. The Balaban J connectivity index is 1.86. The average Bonchev–Trinajstić information content (AvgIpc) is 2.93. The fraction of sp³-hybridized carbons (Fsp3) is 0.238. The molecule has 3 rings (SSSR count). The van der Waals surface area contributed by atoms with E-state index in [0.717, 1.165) is 16.7 Å². The number of imide groups is 1. The second-order valence-corrected chi connectivity index (χ2v) is 8.93. The Hall–Kier alpha value is -1.86. The van der Waals surface area contributed by atoms with Gasteiger partial charge in [0, 0.05) is 0 Å². The van der Waals surface area contributed by atoms with Crippen molar-refractivity contribution >= 4 is 63.8 Å². The summed E-state index contributed by atoms with van der Waals surface area (Å²) < 4.78 is 11.1. The second-order valence-electron chi connectivity index (χ2n) is 6.72. The molecule has 1 aliphatic rings. The lowest BCUT2D eigenvalue weighted by atomic mass is 10.1. The van der Waals surface area contributed by atoms with E-state index < -0.39 is 5.91 Å². The molecule has 9 heteroatoms. The summed E-state index contributed by atoms with van der Waals surface area (Å²) in [5, 5.41) is 0.756. The Morgan fingerprint density at radius 1 is 1.07 bits per heavy atom. The maximum atomic E-state index is 12.8. The summed E-state index contributed by atoms with van der Waals surface area (Å²) in [7, 11) is 1.51. The first-order chi connectivity index (χ1) is 14.2. The zero-order valence-electron chi connectivity index (χ0n) is 16.4. The molecule has 1 saturated heterocycles. The lowest BCUT2D eigenvalue weighted by Crippen LogP contribution is -2.27. The van der Waals surface area contributed by atoms with Crippen LogP contribution in [0, 0.1) is 0 Å². The third kappa shape index (κ3) is 5.06. The second kappa shape index (κ2) is 9.52. The smallest absolute Gasteiger partial charge is 0.293 e. The van der Waals surface area contributed by atoms with Gasteiger partial charge in [-0.1, -0.05) is 40.9 Å².